The highest BCUT2D eigenvalue weighted by Crippen LogP contribution is 2.25. The van der Waals surface area contributed by atoms with Crippen molar-refractivity contribution in [2.45, 2.75) is 13.8 Å². The Bertz CT molecular complexity index is 598. The molecule has 0 spiro atoms. The number of carbonyl (C=O) groups is 1. The molecule has 1 aromatic carbocycles. The smallest absolute Gasteiger partial charge is 0.325 e. The van der Waals surface area contributed by atoms with Gasteiger partial charge in [0.15, 0.2) is 5.82 Å². The third-order valence-corrected chi connectivity index (χ3v) is 3.08. The normalized spacial score (nSPS) is 10.5. The molecule has 0 saturated heterocycles. The Kier molecular flexibility index (Phi) is 3.94. The van der Waals surface area contributed by atoms with E-state index in [0.717, 1.165) is 16.5 Å². The van der Waals surface area contributed by atoms with E-state index in [1.54, 1.807) is 0 Å². The van der Waals surface area contributed by atoms with Gasteiger partial charge in [-0.2, -0.15) is 5.10 Å². The number of hydrogen-bond donors (Lipinski definition) is 0. The Hall–Kier alpha value is -2.17. The van der Waals surface area contributed by atoms with Gasteiger partial charge in [-0.25, -0.2) is 0 Å². The Morgan fingerprint density at radius 2 is 1.95 bits per heavy atom. The van der Waals surface area contributed by atoms with Crippen LogP contribution >= 0.6 is 0 Å². The Morgan fingerprint density at radius 1 is 1.26 bits per heavy atom. The van der Waals surface area contributed by atoms with Gasteiger partial charge in [-0.3, -0.25) is 4.79 Å². The lowest BCUT2D eigenvalue weighted by atomic mass is 10.1. The third kappa shape index (κ3) is 2.65. The molecule has 2 rings (SSSR count). The Balaban J connectivity index is 2.49. The van der Waals surface area contributed by atoms with Gasteiger partial charge < -0.3 is 9.64 Å². The zero-order valence-corrected chi connectivity index (χ0v) is 11.4. The molecule has 2 aromatic rings. The van der Waals surface area contributed by atoms with Crippen LogP contribution in [0.1, 0.15) is 12.6 Å². The molecule has 0 amide bonds. The number of ether oxygens (including phenoxy) is 1. The summed E-state index contributed by atoms with van der Waals surface area (Å²) in [4.78, 5) is 13.3. The number of hydrogen-bond acceptors (Lipinski definition) is 5. The van der Waals surface area contributed by atoms with Gasteiger partial charge in [-0.1, -0.05) is 24.3 Å². The predicted molar refractivity (Wildman–Crippen MR) is 74.2 cm³/mol. The number of likely N-dealkylation sites (N-methyl/N-ethyl adjacent to an activating group) is 1. The van der Waals surface area contributed by atoms with E-state index in [1.165, 1.54) is 7.11 Å². The van der Waals surface area contributed by atoms with E-state index in [4.69, 9.17) is 4.74 Å². The SMILES string of the molecule is CCN(CC(=O)OC)c1nnc(C)c2ccccc12. The molecule has 0 fully saturated rings. The minimum atomic E-state index is -0.284. The van der Waals surface area contributed by atoms with E-state index in [1.807, 2.05) is 43.0 Å². The standard InChI is InChI=1S/C14H17N3O2/c1-4-17(9-13(18)19-3)14-12-8-6-5-7-11(12)10(2)15-16-14/h5-8H,4,9H2,1-3H3. The largest absolute Gasteiger partial charge is 0.468 e. The average Bonchev–Trinajstić information content (AvgIpc) is 2.45. The van der Waals surface area contributed by atoms with Gasteiger partial charge in [0.05, 0.1) is 12.8 Å². The number of esters is 1. The van der Waals surface area contributed by atoms with E-state index in [2.05, 4.69) is 10.2 Å². The maximum Gasteiger partial charge on any atom is 0.325 e. The first-order chi connectivity index (χ1) is 9.17. The van der Waals surface area contributed by atoms with Crippen molar-refractivity contribution in [1.82, 2.24) is 10.2 Å². The molecule has 5 nitrogen and oxygen atoms in total. The lowest BCUT2D eigenvalue weighted by molar-refractivity contribution is -0.138. The zero-order chi connectivity index (χ0) is 13.8. The van der Waals surface area contributed by atoms with Crippen LogP contribution in [-0.4, -0.2) is 36.4 Å². The van der Waals surface area contributed by atoms with E-state index >= 15 is 0 Å². The molecule has 0 aliphatic carbocycles. The molecule has 0 atom stereocenters. The zero-order valence-electron chi connectivity index (χ0n) is 11.4. The van der Waals surface area contributed by atoms with Gasteiger partial charge >= 0.3 is 5.97 Å². The summed E-state index contributed by atoms with van der Waals surface area (Å²) in [6, 6.07) is 7.93. The van der Waals surface area contributed by atoms with E-state index < -0.39 is 0 Å². The molecule has 100 valence electrons. The molecule has 5 heteroatoms. The summed E-state index contributed by atoms with van der Waals surface area (Å²) >= 11 is 0. The molecular weight excluding hydrogens is 242 g/mol. The van der Waals surface area contributed by atoms with Crippen molar-refractivity contribution in [2.24, 2.45) is 0 Å². The second-order valence-corrected chi connectivity index (χ2v) is 4.24. The molecule has 0 N–H and O–H groups in total. The second kappa shape index (κ2) is 5.65. The quantitative estimate of drug-likeness (QED) is 0.785. The summed E-state index contributed by atoms with van der Waals surface area (Å²) < 4.78 is 4.71. The van der Waals surface area contributed by atoms with Crippen LogP contribution in [0.25, 0.3) is 10.8 Å². The highest BCUT2D eigenvalue weighted by Gasteiger charge is 2.15. The first-order valence-electron chi connectivity index (χ1n) is 6.21. The molecule has 0 aliphatic rings. The summed E-state index contributed by atoms with van der Waals surface area (Å²) in [5, 5.41) is 10.5. The molecule has 0 bridgehead atoms. The third-order valence-electron chi connectivity index (χ3n) is 3.08. The molecule has 1 aromatic heterocycles. The van der Waals surface area contributed by atoms with Crippen molar-refractivity contribution in [2.75, 3.05) is 25.1 Å². The van der Waals surface area contributed by atoms with Crippen LogP contribution in [0, 0.1) is 6.92 Å². The van der Waals surface area contributed by atoms with Crippen molar-refractivity contribution < 1.29 is 9.53 Å². The predicted octanol–water partition coefficient (Wildman–Crippen LogP) is 1.94. The van der Waals surface area contributed by atoms with Crippen molar-refractivity contribution in [3.05, 3.63) is 30.0 Å². The lowest BCUT2D eigenvalue weighted by Crippen LogP contribution is -2.31. The number of aromatic nitrogens is 2. The number of anilines is 1. The van der Waals surface area contributed by atoms with Gasteiger partial charge in [0, 0.05) is 17.3 Å². The van der Waals surface area contributed by atoms with E-state index in [-0.39, 0.29) is 12.5 Å². The average molecular weight is 259 g/mol. The van der Waals surface area contributed by atoms with Crippen molar-refractivity contribution in [3.63, 3.8) is 0 Å². The minimum absolute atomic E-state index is 0.175. The molecule has 1 heterocycles. The number of benzene rings is 1. The van der Waals surface area contributed by atoms with Crippen molar-refractivity contribution in [3.8, 4) is 0 Å². The van der Waals surface area contributed by atoms with Gasteiger partial charge in [0.1, 0.15) is 6.54 Å². The van der Waals surface area contributed by atoms with Crippen LogP contribution in [0.3, 0.4) is 0 Å². The first-order valence-corrected chi connectivity index (χ1v) is 6.21. The van der Waals surface area contributed by atoms with E-state index in [9.17, 15) is 4.79 Å². The van der Waals surface area contributed by atoms with E-state index in [0.29, 0.717) is 12.4 Å². The number of fused-ring (bicyclic) bond motifs is 1. The van der Waals surface area contributed by atoms with Crippen LogP contribution in [-0.2, 0) is 9.53 Å². The number of aryl methyl sites for hydroxylation is 1. The van der Waals surface area contributed by atoms with Crippen molar-refractivity contribution in [1.29, 1.82) is 0 Å². The minimum Gasteiger partial charge on any atom is -0.468 e. The van der Waals surface area contributed by atoms with Gasteiger partial charge in [-0.05, 0) is 13.8 Å². The van der Waals surface area contributed by atoms with Crippen LogP contribution in [0.15, 0.2) is 24.3 Å². The molecule has 0 radical (unpaired) electrons. The topological polar surface area (TPSA) is 55.3 Å². The van der Waals surface area contributed by atoms with Crippen LogP contribution < -0.4 is 4.90 Å². The first kappa shape index (κ1) is 13.3. The highest BCUT2D eigenvalue weighted by atomic mass is 16.5. The van der Waals surface area contributed by atoms with Crippen LogP contribution in [0.2, 0.25) is 0 Å². The summed E-state index contributed by atoms with van der Waals surface area (Å²) in [6.07, 6.45) is 0. The Morgan fingerprint density at radius 3 is 2.58 bits per heavy atom. The number of methoxy groups -OCH3 is 1. The second-order valence-electron chi connectivity index (χ2n) is 4.24. The van der Waals surface area contributed by atoms with Gasteiger partial charge in [0.2, 0.25) is 0 Å². The molecular formula is C14H17N3O2. The fourth-order valence-electron chi connectivity index (χ4n) is 2.01. The maximum absolute atomic E-state index is 11.4. The summed E-state index contributed by atoms with van der Waals surface area (Å²) in [5.41, 5.74) is 0.883. The van der Waals surface area contributed by atoms with Gasteiger partial charge in [-0.15, -0.1) is 5.10 Å². The monoisotopic (exact) mass is 259 g/mol. The fraction of sp³-hybridized carbons (Fsp3) is 0.357. The van der Waals surface area contributed by atoms with Crippen LogP contribution in [0.4, 0.5) is 5.82 Å². The molecule has 0 unspecified atom stereocenters. The number of rotatable bonds is 4. The highest BCUT2D eigenvalue weighted by molar-refractivity contribution is 5.94. The van der Waals surface area contributed by atoms with Crippen LogP contribution in [0.5, 0.6) is 0 Å². The summed E-state index contributed by atoms with van der Waals surface area (Å²) in [6.45, 7) is 4.74. The fourth-order valence-corrected chi connectivity index (χ4v) is 2.01. The van der Waals surface area contributed by atoms with Crippen molar-refractivity contribution >= 4 is 22.6 Å². The summed E-state index contributed by atoms with van der Waals surface area (Å²) in [5.74, 6) is 0.433. The maximum atomic E-state index is 11.4. The van der Waals surface area contributed by atoms with Gasteiger partial charge in [0.25, 0.3) is 0 Å². The Labute approximate surface area is 112 Å². The molecule has 19 heavy (non-hydrogen) atoms. The summed E-state index contributed by atoms with van der Waals surface area (Å²) in [7, 11) is 1.38. The lowest BCUT2D eigenvalue weighted by Gasteiger charge is -2.21. The number of nitrogens with zero attached hydrogens (tertiary/aromatic N) is 3. The molecule has 0 aliphatic heterocycles. The number of carbonyl (C=O) groups excluding carboxylic acids is 1. The molecule has 0 saturated carbocycles.